The Morgan fingerprint density at radius 3 is 1.87 bits per heavy atom. The molecule has 0 amide bonds. The van der Waals surface area contributed by atoms with Gasteiger partial charge in [0.25, 0.3) is 0 Å². The molecular weight excluding hydrogens is 433 g/mol. The van der Waals surface area contributed by atoms with E-state index < -0.39 is 0 Å². The summed E-state index contributed by atoms with van der Waals surface area (Å²) in [6, 6.07) is 9.67. The van der Waals surface area contributed by atoms with E-state index in [1.807, 2.05) is 58.0 Å². The molecular formula is C24H23Cl2N3S. The summed E-state index contributed by atoms with van der Waals surface area (Å²) in [7, 11) is 0. The summed E-state index contributed by atoms with van der Waals surface area (Å²) in [6.45, 7) is 7.90. The topological polar surface area (TPSA) is 73.7 Å². The molecule has 0 aliphatic heterocycles. The molecule has 0 saturated heterocycles. The Labute approximate surface area is 193 Å². The summed E-state index contributed by atoms with van der Waals surface area (Å²) in [6.07, 6.45) is 4.04. The Balaban J connectivity index is 0.00000101. The van der Waals surface area contributed by atoms with E-state index in [1.54, 1.807) is 0 Å². The number of benzene rings is 2. The summed E-state index contributed by atoms with van der Waals surface area (Å²) in [5.74, 6) is 0. The number of allylic oxidation sites excluding steroid dienone is 5. The quantitative estimate of drug-likeness (QED) is 0.252. The molecule has 0 heterocycles. The van der Waals surface area contributed by atoms with E-state index in [0.717, 1.165) is 50.2 Å². The van der Waals surface area contributed by atoms with E-state index in [0.29, 0.717) is 15.8 Å². The van der Waals surface area contributed by atoms with Crippen LogP contribution in [0.2, 0.25) is 10.0 Å². The van der Waals surface area contributed by atoms with Crippen molar-refractivity contribution in [1.29, 1.82) is 10.7 Å². The highest BCUT2D eigenvalue weighted by atomic mass is 35.5. The second-order valence-corrected chi connectivity index (χ2v) is 8.09. The molecule has 2 aromatic carbocycles. The Bertz CT molecular complexity index is 1080. The monoisotopic (exact) mass is 455 g/mol. The van der Waals surface area contributed by atoms with Crippen molar-refractivity contribution in [2.45, 2.75) is 27.7 Å². The van der Waals surface area contributed by atoms with Crippen LogP contribution in [0, 0.1) is 29.9 Å². The van der Waals surface area contributed by atoms with Crippen molar-refractivity contribution in [3.05, 3.63) is 91.5 Å². The number of nitriles is 1. The largest absolute Gasteiger partial charge is 0.398 e. The van der Waals surface area contributed by atoms with Crippen LogP contribution in [0.1, 0.15) is 36.1 Å². The second kappa shape index (κ2) is 10.0. The first-order valence-electron chi connectivity index (χ1n) is 9.17. The molecule has 0 radical (unpaired) electrons. The fourth-order valence-corrected chi connectivity index (χ4v) is 4.01. The molecule has 3 N–H and O–H groups in total. The number of nitrogen functional groups attached to an aromatic ring is 1. The van der Waals surface area contributed by atoms with E-state index in [2.05, 4.69) is 24.8 Å². The van der Waals surface area contributed by atoms with Crippen molar-refractivity contribution >= 4 is 52.8 Å². The summed E-state index contributed by atoms with van der Waals surface area (Å²) >= 11 is 16.3. The van der Waals surface area contributed by atoms with Crippen molar-refractivity contribution in [3.63, 3.8) is 0 Å². The van der Waals surface area contributed by atoms with Gasteiger partial charge in [-0.1, -0.05) is 41.9 Å². The Morgan fingerprint density at radius 1 is 1.00 bits per heavy atom. The van der Waals surface area contributed by atoms with Gasteiger partial charge in [-0.05, 0) is 103 Å². The number of nitrogens with zero attached hydrogens (tertiary/aromatic N) is 1. The maximum Gasteiger partial charge on any atom is 0.130 e. The summed E-state index contributed by atoms with van der Waals surface area (Å²) in [4.78, 5) is 0. The van der Waals surface area contributed by atoms with Gasteiger partial charge in [0.05, 0.1) is 5.71 Å². The van der Waals surface area contributed by atoms with E-state index in [-0.39, 0.29) is 0 Å². The fourth-order valence-electron chi connectivity index (χ4n) is 3.42. The lowest BCUT2D eigenvalue weighted by Gasteiger charge is -2.20. The molecule has 1 aliphatic carbocycles. The predicted molar refractivity (Wildman–Crippen MR) is 133 cm³/mol. The lowest BCUT2D eigenvalue weighted by Crippen LogP contribution is -2.07. The Kier molecular flexibility index (Phi) is 7.97. The van der Waals surface area contributed by atoms with Crippen LogP contribution in [0.15, 0.2) is 59.2 Å². The summed E-state index contributed by atoms with van der Waals surface area (Å²) < 4.78 is 0. The number of hydrogen-bond donors (Lipinski definition) is 3. The van der Waals surface area contributed by atoms with Crippen LogP contribution in [-0.2, 0) is 0 Å². The highest BCUT2D eigenvalue weighted by molar-refractivity contribution is 7.85. The van der Waals surface area contributed by atoms with Gasteiger partial charge in [0.15, 0.2) is 0 Å². The van der Waals surface area contributed by atoms with Gasteiger partial charge in [0, 0.05) is 21.3 Å². The molecule has 0 fully saturated rings. The normalized spacial score (nSPS) is 13.0. The maximum absolute atomic E-state index is 8.19. The Morgan fingerprint density at radius 2 is 1.43 bits per heavy atom. The number of halogens is 2. The SMILES string of the molecule is CC1=CC(=C(c2cc(C)c(N)c(C)c2)c2c(Cl)cccc2Cl)C=C(C)C1=N.N#CS. The van der Waals surface area contributed by atoms with E-state index >= 15 is 0 Å². The van der Waals surface area contributed by atoms with Gasteiger partial charge in [-0.2, -0.15) is 5.26 Å². The maximum atomic E-state index is 8.19. The van der Waals surface area contributed by atoms with Crippen LogP contribution < -0.4 is 5.73 Å². The molecule has 154 valence electrons. The first-order valence-corrected chi connectivity index (χ1v) is 10.4. The van der Waals surface area contributed by atoms with Gasteiger partial charge < -0.3 is 11.1 Å². The van der Waals surface area contributed by atoms with Crippen molar-refractivity contribution < 1.29 is 0 Å². The molecule has 0 unspecified atom stereocenters. The summed E-state index contributed by atoms with van der Waals surface area (Å²) in [5.41, 5.74) is 15.1. The molecule has 2 aromatic rings. The summed E-state index contributed by atoms with van der Waals surface area (Å²) in [5, 5.41) is 18.0. The standard InChI is InChI=1S/C23H22Cl2N2.CHNS/c1-12-8-16(9-13(2)22(12)26)20(21-18(24)6-5-7-19(21)25)17-10-14(3)23(27)15(4)11-17;2-1-3/h5-11,26H,27H2,1-4H3;3H. The highest BCUT2D eigenvalue weighted by Crippen LogP contribution is 2.40. The van der Waals surface area contributed by atoms with Gasteiger partial charge in [-0.15, -0.1) is 0 Å². The average Bonchev–Trinajstić information content (AvgIpc) is 2.67. The minimum Gasteiger partial charge on any atom is -0.398 e. The number of hydrogen-bond acceptors (Lipinski definition) is 4. The first kappa shape index (κ1) is 23.8. The number of aryl methyl sites for hydroxylation is 2. The highest BCUT2D eigenvalue weighted by Gasteiger charge is 2.20. The fraction of sp³-hybridized carbons (Fsp3) is 0.167. The van der Waals surface area contributed by atoms with Gasteiger partial charge in [-0.25, -0.2) is 0 Å². The number of nitrogens with two attached hydrogens (primary N) is 1. The van der Waals surface area contributed by atoms with Crippen LogP contribution in [0.3, 0.4) is 0 Å². The third kappa shape index (κ3) is 4.99. The van der Waals surface area contributed by atoms with Crippen LogP contribution in [-0.4, -0.2) is 5.71 Å². The zero-order valence-corrected chi connectivity index (χ0v) is 19.7. The molecule has 3 nitrogen and oxygen atoms in total. The zero-order chi connectivity index (χ0) is 22.6. The third-order valence-corrected chi connectivity index (χ3v) is 5.55. The van der Waals surface area contributed by atoms with Crippen LogP contribution in [0.5, 0.6) is 0 Å². The molecule has 1 aliphatic rings. The van der Waals surface area contributed by atoms with Crippen molar-refractivity contribution in [2.24, 2.45) is 0 Å². The predicted octanol–water partition coefficient (Wildman–Crippen LogP) is 7.32. The van der Waals surface area contributed by atoms with Crippen molar-refractivity contribution in [1.82, 2.24) is 0 Å². The van der Waals surface area contributed by atoms with Gasteiger partial charge in [0.2, 0.25) is 0 Å². The molecule has 0 saturated carbocycles. The lowest BCUT2D eigenvalue weighted by molar-refractivity contribution is 1.34. The van der Waals surface area contributed by atoms with Crippen molar-refractivity contribution in [2.75, 3.05) is 5.73 Å². The molecule has 0 spiro atoms. The first-order chi connectivity index (χ1) is 14.1. The van der Waals surface area contributed by atoms with Gasteiger partial charge >= 0.3 is 0 Å². The molecule has 0 aromatic heterocycles. The molecule has 30 heavy (non-hydrogen) atoms. The number of anilines is 1. The number of nitrogens with one attached hydrogen (secondary N) is 1. The van der Waals surface area contributed by atoms with E-state index in [1.165, 1.54) is 5.40 Å². The average molecular weight is 456 g/mol. The van der Waals surface area contributed by atoms with E-state index in [9.17, 15) is 0 Å². The molecule has 3 rings (SSSR count). The number of thiol groups is 1. The second-order valence-electron chi connectivity index (χ2n) is 7.08. The van der Waals surface area contributed by atoms with Crippen LogP contribution in [0.25, 0.3) is 5.57 Å². The zero-order valence-electron chi connectivity index (χ0n) is 17.3. The number of rotatable bonds is 2. The van der Waals surface area contributed by atoms with E-state index in [4.69, 9.17) is 39.6 Å². The lowest BCUT2D eigenvalue weighted by atomic mass is 9.85. The van der Waals surface area contributed by atoms with Crippen LogP contribution in [0.4, 0.5) is 5.69 Å². The smallest absolute Gasteiger partial charge is 0.130 e. The number of thiocyanates is 1. The minimum atomic E-state index is 0.549. The van der Waals surface area contributed by atoms with Crippen molar-refractivity contribution in [3.8, 4) is 5.40 Å². The molecule has 0 atom stereocenters. The molecule has 6 heteroatoms. The van der Waals surface area contributed by atoms with Gasteiger partial charge in [0.1, 0.15) is 5.40 Å². The van der Waals surface area contributed by atoms with Gasteiger partial charge in [-0.3, -0.25) is 0 Å². The molecule has 0 bridgehead atoms. The Hall–Kier alpha value is -2.45. The minimum absolute atomic E-state index is 0.549. The van der Waals surface area contributed by atoms with Crippen LogP contribution >= 0.6 is 35.8 Å². The third-order valence-electron chi connectivity index (χ3n) is 4.92.